The first kappa shape index (κ1) is 24.2. The number of carbonyl (C=O) groups excluding carboxylic acids is 1. The zero-order chi connectivity index (χ0) is 25.4. The molecule has 3 heterocycles. The molecule has 184 valence electrons. The second-order valence-corrected chi connectivity index (χ2v) is 9.41. The summed E-state index contributed by atoms with van der Waals surface area (Å²) in [6.45, 7) is 0.534. The van der Waals surface area contributed by atoms with Crippen LogP contribution in [0, 0.1) is 0 Å². The van der Waals surface area contributed by atoms with Crippen LogP contribution in [0.15, 0.2) is 54.9 Å². The van der Waals surface area contributed by atoms with Crippen LogP contribution in [0.3, 0.4) is 0 Å². The van der Waals surface area contributed by atoms with Gasteiger partial charge in [-0.3, -0.25) is 9.78 Å². The third-order valence-electron chi connectivity index (χ3n) is 6.22. The van der Waals surface area contributed by atoms with Gasteiger partial charge in [-0.1, -0.05) is 53.5 Å². The number of benzene rings is 2. The summed E-state index contributed by atoms with van der Waals surface area (Å²) in [6, 6.07) is 13.0. The Labute approximate surface area is 219 Å². The zero-order valence-electron chi connectivity index (χ0n) is 20.0. The van der Waals surface area contributed by atoms with Crippen molar-refractivity contribution in [1.29, 1.82) is 0 Å². The van der Waals surface area contributed by atoms with Crippen LogP contribution in [0.1, 0.15) is 28.4 Å². The smallest absolute Gasteiger partial charge is 0.255 e. The molecular formula is C27H24Cl2N4O3. The van der Waals surface area contributed by atoms with Crippen molar-refractivity contribution < 1.29 is 14.3 Å². The first-order chi connectivity index (χ1) is 17.4. The molecule has 9 heteroatoms. The standard InChI is InChI=1S/C27H24Cl2N4O3/c1-33(2)25-17-13-31-27(35-3)22(16-8-6-9-19(28)23(16)29)24(17)30-14-18(25)26(34)32-20-11-12-36-21-10-5-4-7-15(20)21/h4-10,13-14,20H,11-12H2,1-3H3,(H,32,34)/t20-/m0/s1. The van der Waals surface area contributed by atoms with E-state index in [1.807, 2.05) is 55.4 Å². The van der Waals surface area contributed by atoms with Crippen LogP contribution in [0.5, 0.6) is 11.6 Å². The average molecular weight is 523 g/mol. The number of nitrogens with zero attached hydrogens (tertiary/aromatic N) is 3. The Hall–Kier alpha value is -3.55. The quantitative estimate of drug-likeness (QED) is 0.350. The molecule has 0 radical (unpaired) electrons. The highest BCUT2D eigenvalue weighted by atomic mass is 35.5. The van der Waals surface area contributed by atoms with E-state index in [2.05, 4.69) is 10.3 Å². The predicted octanol–water partition coefficient (Wildman–Crippen LogP) is 5.93. The number of nitrogens with one attached hydrogen (secondary N) is 1. The lowest BCUT2D eigenvalue weighted by Gasteiger charge is -2.27. The van der Waals surface area contributed by atoms with Gasteiger partial charge >= 0.3 is 0 Å². The maximum absolute atomic E-state index is 13.6. The molecule has 4 aromatic rings. The van der Waals surface area contributed by atoms with E-state index in [-0.39, 0.29) is 11.9 Å². The monoisotopic (exact) mass is 522 g/mol. The van der Waals surface area contributed by atoms with Crippen molar-refractivity contribution in [2.45, 2.75) is 12.5 Å². The van der Waals surface area contributed by atoms with Crippen molar-refractivity contribution >= 4 is 45.7 Å². The Morgan fingerprint density at radius 2 is 1.92 bits per heavy atom. The van der Waals surface area contributed by atoms with Gasteiger partial charge in [-0.15, -0.1) is 0 Å². The topological polar surface area (TPSA) is 76.6 Å². The number of ether oxygens (including phenoxy) is 2. The molecule has 0 saturated carbocycles. The number of fused-ring (bicyclic) bond motifs is 2. The van der Waals surface area contributed by atoms with E-state index in [0.29, 0.717) is 62.2 Å². The lowest BCUT2D eigenvalue weighted by atomic mass is 9.99. The number of aromatic nitrogens is 2. The van der Waals surface area contributed by atoms with E-state index in [0.717, 1.165) is 11.3 Å². The third kappa shape index (κ3) is 4.18. The van der Waals surface area contributed by atoms with Gasteiger partial charge in [0.25, 0.3) is 5.91 Å². The third-order valence-corrected chi connectivity index (χ3v) is 7.04. The van der Waals surface area contributed by atoms with E-state index in [9.17, 15) is 4.79 Å². The first-order valence-corrected chi connectivity index (χ1v) is 12.2. The molecule has 0 spiro atoms. The van der Waals surface area contributed by atoms with Crippen LogP contribution in [0.2, 0.25) is 10.0 Å². The van der Waals surface area contributed by atoms with Crippen LogP contribution >= 0.6 is 23.2 Å². The highest BCUT2D eigenvalue weighted by Crippen LogP contribution is 2.43. The van der Waals surface area contributed by atoms with Crippen molar-refractivity contribution in [2.24, 2.45) is 0 Å². The fourth-order valence-electron chi connectivity index (χ4n) is 4.60. The molecule has 0 bridgehead atoms. The lowest BCUT2D eigenvalue weighted by Crippen LogP contribution is -2.33. The molecule has 2 aromatic heterocycles. The van der Waals surface area contributed by atoms with Gasteiger partial charge in [-0.05, 0) is 12.1 Å². The number of hydrogen-bond acceptors (Lipinski definition) is 6. The van der Waals surface area contributed by atoms with Crippen LogP contribution in [0.25, 0.3) is 22.0 Å². The van der Waals surface area contributed by atoms with Crippen molar-refractivity contribution in [3.8, 4) is 22.8 Å². The largest absolute Gasteiger partial charge is 0.493 e. The Bertz CT molecular complexity index is 1480. The predicted molar refractivity (Wildman–Crippen MR) is 143 cm³/mol. The van der Waals surface area contributed by atoms with Crippen LogP contribution in [-0.4, -0.2) is 43.7 Å². The molecule has 0 fully saturated rings. The molecular weight excluding hydrogens is 499 g/mol. The van der Waals surface area contributed by atoms with Crippen molar-refractivity contribution in [3.63, 3.8) is 0 Å². The lowest BCUT2D eigenvalue weighted by molar-refractivity contribution is 0.0925. The normalized spacial score (nSPS) is 14.6. The number of rotatable bonds is 5. The first-order valence-electron chi connectivity index (χ1n) is 11.4. The molecule has 0 saturated heterocycles. The number of anilines is 1. The Kier molecular flexibility index (Phi) is 6.60. The summed E-state index contributed by atoms with van der Waals surface area (Å²) in [5, 5.41) is 4.64. The Morgan fingerprint density at radius 3 is 2.69 bits per heavy atom. The highest BCUT2D eigenvalue weighted by molar-refractivity contribution is 6.44. The molecule has 1 amide bonds. The van der Waals surface area contributed by atoms with Gasteiger partial charge in [-0.25, -0.2) is 4.98 Å². The number of halogens is 2. The van der Waals surface area contributed by atoms with Crippen LogP contribution < -0.4 is 19.7 Å². The summed E-state index contributed by atoms with van der Waals surface area (Å²) < 4.78 is 11.3. The second kappa shape index (κ2) is 9.84. The number of para-hydroxylation sites is 1. The summed E-state index contributed by atoms with van der Waals surface area (Å²) in [6.07, 6.45) is 3.93. The number of carbonyl (C=O) groups is 1. The van der Waals surface area contributed by atoms with Crippen LogP contribution in [-0.2, 0) is 0 Å². The van der Waals surface area contributed by atoms with E-state index in [1.165, 1.54) is 7.11 Å². The van der Waals surface area contributed by atoms with Crippen molar-refractivity contribution in [3.05, 3.63) is 76.0 Å². The Balaban J connectivity index is 1.64. The molecule has 1 aliphatic rings. The molecule has 5 rings (SSSR count). The van der Waals surface area contributed by atoms with Crippen molar-refractivity contribution in [2.75, 3.05) is 32.7 Å². The number of methoxy groups -OCH3 is 1. The van der Waals surface area contributed by atoms with Gasteiger partial charge < -0.3 is 19.7 Å². The number of hydrogen-bond donors (Lipinski definition) is 1. The summed E-state index contributed by atoms with van der Waals surface area (Å²) in [5.41, 5.74) is 3.94. The van der Waals surface area contributed by atoms with E-state index in [1.54, 1.807) is 18.5 Å². The average Bonchev–Trinajstić information content (AvgIpc) is 2.89. The van der Waals surface area contributed by atoms with E-state index >= 15 is 0 Å². The zero-order valence-corrected chi connectivity index (χ0v) is 21.5. The fraction of sp³-hybridized carbons (Fsp3) is 0.222. The van der Waals surface area contributed by atoms with Gasteiger partial charge in [0.1, 0.15) is 5.75 Å². The highest BCUT2D eigenvalue weighted by Gasteiger charge is 2.27. The Morgan fingerprint density at radius 1 is 1.11 bits per heavy atom. The number of pyridine rings is 2. The van der Waals surface area contributed by atoms with Gasteiger partial charge in [0.2, 0.25) is 5.88 Å². The summed E-state index contributed by atoms with van der Waals surface area (Å²) in [7, 11) is 5.30. The van der Waals surface area contributed by atoms with E-state index < -0.39 is 0 Å². The minimum atomic E-state index is -0.229. The maximum atomic E-state index is 13.6. The number of amides is 1. The van der Waals surface area contributed by atoms with E-state index in [4.69, 9.17) is 37.7 Å². The summed E-state index contributed by atoms with van der Waals surface area (Å²) in [5.74, 6) is 0.922. The summed E-state index contributed by atoms with van der Waals surface area (Å²) in [4.78, 5) is 24.7. The molecule has 2 aromatic carbocycles. The molecule has 1 aliphatic heterocycles. The molecule has 1 N–H and O–H groups in total. The molecule has 0 unspecified atom stereocenters. The van der Waals surface area contributed by atoms with Gasteiger partial charge in [0.15, 0.2) is 0 Å². The molecule has 0 aliphatic carbocycles. The SMILES string of the molecule is COc1ncc2c(N(C)C)c(C(=O)N[C@H]3CCOc4ccccc43)cnc2c1-c1cccc(Cl)c1Cl. The summed E-state index contributed by atoms with van der Waals surface area (Å²) >= 11 is 12.9. The molecule has 1 atom stereocenters. The van der Waals surface area contributed by atoms with Gasteiger partial charge in [0, 0.05) is 49.4 Å². The minimum absolute atomic E-state index is 0.164. The minimum Gasteiger partial charge on any atom is -0.493 e. The molecule has 7 nitrogen and oxygen atoms in total. The van der Waals surface area contributed by atoms with Crippen molar-refractivity contribution in [1.82, 2.24) is 15.3 Å². The van der Waals surface area contributed by atoms with Crippen LogP contribution in [0.4, 0.5) is 5.69 Å². The molecule has 36 heavy (non-hydrogen) atoms. The maximum Gasteiger partial charge on any atom is 0.255 e. The fourth-order valence-corrected chi connectivity index (χ4v) is 4.99. The van der Waals surface area contributed by atoms with Gasteiger partial charge in [-0.2, -0.15) is 0 Å². The second-order valence-electron chi connectivity index (χ2n) is 8.62. The van der Waals surface area contributed by atoms with Gasteiger partial charge in [0.05, 0.1) is 52.1 Å².